The van der Waals surface area contributed by atoms with Gasteiger partial charge in [0.2, 0.25) is 0 Å². The SMILES string of the molecule is CCNC(=O)c1cnn(-c2cccc(C(F)(F)F)c2)c1C#N. The van der Waals surface area contributed by atoms with Crippen molar-refractivity contribution in [3.8, 4) is 11.8 Å². The number of benzene rings is 1. The van der Waals surface area contributed by atoms with E-state index in [1.807, 2.05) is 0 Å². The minimum absolute atomic E-state index is 0.0155. The Morgan fingerprint density at radius 2 is 2.18 bits per heavy atom. The molecule has 0 aliphatic rings. The van der Waals surface area contributed by atoms with Crippen LogP contribution in [0.1, 0.15) is 28.5 Å². The molecule has 0 aliphatic carbocycles. The Balaban J connectivity index is 2.51. The van der Waals surface area contributed by atoms with E-state index < -0.39 is 17.6 Å². The van der Waals surface area contributed by atoms with Crippen molar-refractivity contribution in [1.29, 1.82) is 5.26 Å². The summed E-state index contributed by atoms with van der Waals surface area (Å²) in [7, 11) is 0. The molecule has 0 radical (unpaired) electrons. The van der Waals surface area contributed by atoms with Crippen molar-refractivity contribution in [3.63, 3.8) is 0 Å². The third kappa shape index (κ3) is 2.93. The van der Waals surface area contributed by atoms with Gasteiger partial charge in [-0.1, -0.05) is 6.07 Å². The highest BCUT2D eigenvalue weighted by Crippen LogP contribution is 2.30. The minimum Gasteiger partial charge on any atom is -0.352 e. The van der Waals surface area contributed by atoms with Crippen LogP contribution >= 0.6 is 0 Å². The van der Waals surface area contributed by atoms with Crippen LogP contribution in [0, 0.1) is 11.3 Å². The molecule has 1 heterocycles. The maximum absolute atomic E-state index is 12.7. The average Bonchev–Trinajstić information content (AvgIpc) is 2.90. The van der Waals surface area contributed by atoms with Gasteiger partial charge in [-0.3, -0.25) is 4.79 Å². The van der Waals surface area contributed by atoms with E-state index in [-0.39, 0.29) is 16.9 Å². The van der Waals surface area contributed by atoms with E-state index in [4.69, 9.17) is 0 Å². The molecule has 1 amide bonds. The van der Waals surface area contributed by atoms with Gasteiger partial charge in [0.15, 0.2) is 5.69 Å². The highest BCUT2D eigenvalue weighted by Gasteiger charge is 2.31. The minimum atomic E-state index is -4.50. The zero-order valence-corrected chi connectivity index (χ0v) is 11.5. The first-order chi connectivity index (χ1) is 10.4. The van der Waals surface area contributed by atoms with Crippen molar-refractivity contribution < 1.29 is 18.0 Å². The van der Waals surface area contributed by atoms with Crippen molar-refractivity contribution >= 4 is 5.91 Å². The van der Waals surface area contributed by atoms with Gasteiger partial charge in [0, 0.05) is 6.54 Å². The topological polar surface area (TPSA) is 70.7 Å². The van der Waals surface area contributed by atoms with Gasteiger partial charge in [0.1, 0.15) is 6.07 Å². The molecule has 114 valence electrons. The van der Waals surface area contributed by atoms with Crippen LogP contribution in [-0.4, -0.2) is 22.2 Å². The molecule has 8 heteroatoms. The molecule has 1 aromatic carbocycles. The molecule has 0 saturated carbocycles. The molecule has 0 unspecified atom stereocenters. The van der Waals surface area contributed by atoms with Crippen molar-refractivity contribution in [3.05, 3.63) is 47.3 Å². The first-order valence-corrected chi connectivity index (χ1v) is 6.32. The summed E-state index contributed by atoms with van der Waals surface area (Å²) >= 11 is 0. The molecule has 22 heavy (non-hydrogen) atoms. The van der Waals surface area contributed by atoms with Crippen LogP contribution in [0.5, 0.6) is 0 Å². The summed E-state index contributed by atoms with van der Waals surface area (Å²) in [6.45, 7) is 2.07. The van der Waals surface area contributed by atoms with E-state index in [0.717, 1.165) is 23.0 Å². The lowest BCUT2D eigenvalue weighted by molar-refractivity contribution is -0.137. The molecule has 0 spiro atoms. The molecule has 1 aromatic heterocycles. The molecule has 0 fully saturated rings. The Hall–Kier alpha value is -2.82. The van der Waals surface area contributed by atoms with E-state index in [0.29, 0.717) is 6.54 Å². The maximum atomic E-state index is 12.7. The Morgan fingerprint density at radius 1 is 1.45 bits per heavy atom. The van der Waals surface area contributed by atoms with Gasteiger partial charge in [0.25, 0.3) is 5.91 Å². The summed E-state index contributed by atoms with van der Waals surface area (Å²) in [5.74, 6) is -0.503. The predicted octanol–water partition coefficient (Wildman–Crippen LogP) is 2.51. The van der Waals surface area contributed by atoms with Crippen LogP contribution in [0.4, 0.5) is 13.2 Å². The van der Waals surface area contributed by atoms with Crippen molar-refractivity contribution in [2.75, 3.05) is 6.54 Å². The number of halogens is 3. The number of carbonyl (C=O) groups excluding carboxylic acids is 1. The van der Waals surface area contributed by atoms with Crippen molar-refractivity contribution in [2.24, 2.45) is 0 Å². The largest absolute Gasteiger partial charge is 0.416 e. The van der Waals surface area contributed by atoms with Crippen LogP contribution in [0.25, 0.3) is 5.69 Å². The number of amides is 1. The van der Waals surface area contributed by atoms with Gasteiger partial charge in [-0.2, -0.15) is 23.5 Å². The van der Waals surface area contributed by atoms with Crippen LogP contribution in [0.15, 0.2) is 30.5 Å². The summed E-state index contributed by atoms with van der Waals surface area (Å²) in [6.07, 6.45) is -3.35. The second-order valence-electron chi connectivity index (χ2n) is 4.34. The van der Waals surface area contributed by atoms with Gasteiger partial charge in [0.05, 0.1) is 23.0 Å². The number of rotatable bonds is 3. The summed E-state index contributed by atoms with van der Waals surface area (Å²) in [4.78, 5) is 11.8. The Labute approximate surface area is 124 Å². The first kappa shape index (κ1) is 15.6. The number of carbonyl (C=O) groups is 1. The first-order valence-electron chi connectivity index (χ1n) is 6.32. The maximum Gasteiger partial charge on any atom is 0.416 e. The van der Waals surface area contributed by atoms with Gasteiger partial charge in [-0.05, 0) is 25.1 Å². The zero-order chi connectivity index (χ0) is 16.3. The molecule has 0 bridgehead atoms. The number of hydrogen-bond donors (Lipinski definition) is 1. The number of hydrogen-bond acceptors (Lipinski definition) is 3. The molecular weight excluding hydrogens is 297 g/mol. The molecule has 0 saturated heterocycles. The number of aromatic nitrogens is 2. The van der Waals surface area contributed by atoms with E-state index >= 15 is 0 Å². The van der Waals surface area contributed by atoms with Crippen molar-refractivity contribution in [1.82, 2.24) is 15.1 Å². The average molecular weight is 308 g/mol. The number of nitriles is 1. The Bertz CT molecular complexity index is 743. The zero-order valence-electron chi connectivity index (χ0n) is 11.5. The molecule has 2 aromatic rings. The van der Waals surface area contributed by atoms with Gasteiger partial charge >= 0.3 is 6.18 Å². The highest BCUT2D eigenvalue weighted by molar-refractivity contribution is 5.96. The summed E-state index contributed by atoms with van der Waals surface area (Å²) in [5.41, 5.74) is -0.905. The van der Waals surface area contributed by atoms with Crippen LogP contribution in [0.2, 0.25) is 0 Å². The van der Waals surface area contributed by atoms with E-state index in [9.17, 15) is 23.2 Å². The molecule has 0 atom stereocenters. The quantitative estimate of drug-likeness (QED) is 0.947. The Kier molecular flexibility index (Phi) is 4.17. The monoisotopic (exact) mass is 308 g/mol. The van der Waals surface area contributed by atoms with Crippen molar-refractivity contribution in [2.45, 2.75) is 13.1 Å². The van der Waals surface area contributed by atoms with Crippen LogP contribution in [-0.2, 0) is 6.18 Å². The summed E-state index contributed by atoms with van der Waals surface area (Å²) in [6, 6.07) is 6.18. The second-order valence-corrected chi connectivity index (χ2v) is 4.34. The van der Waals surface area contributed by atoms with Crippen LogP contribution < -0.4 is 5.32 Å². The smallest absolute Gasteiger partial charge is 0.352 e. The summed E-state index contributed by atoms with van der Waals surface area (Å²) in [5, 5.41) is 15.5. The normalized spacial score (nSPS) is 11.0. The number of alkyl halides is 3. The molecule has 2 rings (SSSR count). The number of nitrogens with zero attached hydrogens (tertiary/aromatic N) is 3. The lowest BCUT2D eigenvalue weighted by Gasteiger charge is -2.09. The fraction of sp³-hybridized carbons (Fsp3) is 0.214. The summed E-state index contributed by atoms with van der Waals surface area (Å²) < 4.78 is 39.2. The third-order valence-electron chi connectivity index (χ3n) is 2.88. The molecule has 0 aliphatic heterocycles. The van der Waals surface area contributed by atoms with Gasteiger partial charge in [-0.15, -0.1) is 0 Å². The fourth-order valence-electron chi connectivity index (χ4n) is 1.89. The van der Waals surface area contributed by atoms with Crippen LogP contribution in [0.3, 0.4) is 0 Å². The molecule has 1 N–H and O–H groups in total. The lowest BCUT2D eigenvalue weighted by Crippen LogP contribution is -2.23. The Morgan fingerprint density at radius 3 is 2.77 bits per heavy atom. The second kappa shape index (κ2) is 5.89. The third-order valence-corrected chi connectivity index (χ3v) is 2.88. The predicted molar refractivity (Wildman–Crippen MR) is 71.3 cm³/mol. The highest BCUT2D eigenvalue weighted by atomic mass is 19.4. The standard InChI is InChI=1S/C14H11F3N4O/c1-2-19-13(22)11-8-20-21(12(11)7-18)10-5-3-4-9(6-10)14(15,16)17/h3-6,8H,2H2,1H3,(H,19,22). The van der Waals surface area contributed by atoms with Gasteiger partial charge in [-0.25, -0.2) is 4.68 Å². The van der Waals surface area contributed by atoms with E-state index in [1.54, 1.807) is 13.0 Å². The molecule has 5 nitrogen and oxygen atoms in total. The molecular formula is C14H11F3N4O. The lowest BCUT2D eigenvalue weighted by atomic mass is 10.2. The van der Waals surface area contributed by atoms with E-state index in [1.165, 1.54) is 12.1 Å². The fourth-order valence-corrected chi connectivity index (χ4v) is 1.89. The van der Waals surface area contributed by atoms with E-state index in [2.05, 4.69) is 10.4 Å². The number of nitrogens with one attached hydrogen (secondary N) is 1. The van der Waals surface area contributed by atoms with Gasteiger partial charge < -0.3 is 5.32 Å².